The van der Waals surface area contributed by atoms with Gasteiger partial charge in [0, 0.05) is 12.8 Å². The number of hydrogen-bond donors (Lipinski definition) is 2. The maximum Gasteiger partial charge on any atom is 0.324 e. The summed E-state index contributed by atoms with van der Waals surface area (Å²) in [5, 5.41) is 20.8. The van der Waals surface area contributed by atoms with Crippen LogP contribution >= 0.6 is 11.8 Å². The van der Waals surface area contributed by atoms with Crippen LogP contribution in [0.5, 0.6) is 0 Å². The minimum Gasteiger partial charge on any atom is -0.480 e. The summed E-state index contributed by atoms with van der Waals surface area (Å²) in [6.07, 6.45) is 0.263. The lowest BCUT2D eigenvalue weighted by Crippen LogP contribution is -2.59. The van der Waals surface area contributed by atoms with Gasteiger partial charge in [0.1, 0.15) is 5.25 Å². The fraction of sp³-hybridized carbons (Fsp3) is 0.261. The van der Waals surface area contributed by atoms with E-state index in [0.29, 0.717) is 16.7 Å². The Morgan fingerprint density at radius 3 is 2.20 bits per heavy atom. The van der Waals surface area contributed by atoms with Crippen molar-refractivity contribution in [2.45, 2.75) is 22.5 Å². The van der Waals surface area contributed by atoms with Gasteiger partial charge < -0.3 is 14.6 Å². The number of aliphatic carboxylic acids is 1. The van der Waals surface area contributed by atoms with Crippen molar-refractivity contribution >= 4 is 34.7 Å². The average molecular weight is 512 g/mol. The van der Waals surface area contributed by atoms with Crippen molar-refractivity contribution in [1.29, 1.82) is 0 Å². The zero-order valence-electron chi connectivity index (χ0n) is 18.5. The van der Waals surface area contributed by atoms with E-state index in [2.05, 4.69) is 15.5 Å². The highest BCUT2D eigenvalue weighted by atomic mass is 32.2. The first kappa shape index (κ1) is 23.4. The molecule has 2 N–H and O–H groups in total. The highest BCUT2D eigenvalue weighted by Crippen LogP contribution is 2.53. The smallest absolute Gasteiger partial charge is 0.324 e. The summed E-state index contributed by atoms with van der Waals surface area (Å²) in [5.41, 5.74) is -0.465. The number of nitrogens with zero attached hydrogens (tertiary/aromatic N) is 5. The monoisotopic (exact) mass is 511 g/mol. The van der Waals surface area contributed by atoms with Crippen molar-refractivity contribution in [3.8, 4) is 0 Å². The number of thioether (sulfide) groups is 1. The van der Waals surface area contributed by atoms with Gasteiger partial charge in [0.05, 0.1) is 17.5 Å². The number of tetrazole rings is 1. The van der Waals surface area contributed by atoms with Gasteiger partial charge in [-0.05, 0) is 27.1 Å². The first-order valence-corrected chi connectivity index (χ1v) is 12.9. The molecule has 1 aromatic heterocycles. The van der Waals surface area contributed by atoms with Crippen molar-refractivity contribution in [1.82, 2.24) is 25.1 Å². The summed E-state index contributed by atoms with van der Waals surface area (Å²) in [6.45, 7) is 0. The summed E-state index contributed by atoms with van der Waals surface area (Å²) in [6, 6.07) is 17.3. The second kappa shape index (κ2) is 9.02. The first-order chi connectivity index (χ1) is 16.9. The molecule has 3 aromatic rings. The number of aryl methyl sites for hydroxylation is 1. The predicted molar refractivity (Wildman–Crippen MR) is 128 cm³/mol. The summed E-state index contributed by atoms with van der Waals surface area (Å²) < 4.78 is 24.5. The van der Waals surface area contributed by atoms with Crippen molar-refractivity contribution < 1.29 is 23.5 Å². The maximum absolute atomic E-state index is 13.4. The summed E-state index contributed by atoms with van der Waals surface area (Å²) in [7, 11) is 1.54. The molecule has 2 aromatic carbocycles. The summed E-state index contributed by atoms with van der Waals surface area (Å²) in [4.78, 5) is 27.9. The molecule has 3 atom stereocenters. The molecule has 3 heterocycles. The number of carboxylic acids is 1. The second-order valence-corrected chi connectivity index (χ2v) is 10.4. The summed E-state index contributed by atoms with van der Waals surface area (Å²) in [5.74, 6) is -1.11. The Bertz CT molecular complexity index is 1310. The minimum atomic E-state index is -2.50. The molecule has 0 radical (unpaired) electrons. The summed E-state index contributed by atoms with van der Waals surface area (Å²) >= 11 is -1.07. The van der Waals surface area contributed by atoms with Crippen LogP contribution in [0.25, 0.3) is 0 Å². The molecule has 35 heavy (non-hydrogen) atoms. The molecule has 12 heteroatoms. The van der Waals surface area contributed by atoms with E-state index >= 15 is 0 Å². The first-order valence-electron chi connectivity index (χ1n) is 10.7. The topological polar surface area (TPSA) is 139 Å². The van der Waals surface area contributed by atoms with Crippen LogP contribution in [0.1, 0.15) is 28.6 Å². The number of amides is 1. The molecule has 2 aliphatic heterocycles. The quantitative estimate of drug-likeness (QED) is 0.361. The standard InChI is InChI=1S/C23H21N5O5S2/c1-27-21(24-25-26-27)19(35(32)33)16-13-34-18-12-17(29)28(18)20(16)23(22(30)31,14-8-4-2-5-9-14)15-10-6-3-7-11-15/h2-11,18-19H,12-13H2,1H3,(H,30,31)(H,32,33). The molecule has 10 nitrogen and oxygen atoms in total. The zero-order valence-corrected chi connectivity index (χ0v) is 20.1. The number of benzene rings is 2. The molecule has 0 bridgehead atoms. The third kappa shape index (κ3) is 3.60. The molecule has 1 saturated heterocycles. The largest absolute Gasteiger partial charge is 0.480 e. The Hall–Kier alpha value is -3.35. The van der Waals surface area contributed by atoms with E-state index in [0.717, 1.165) is 0 Å². The minimum absolute atomic E-state index is 0.103. The number of β-lactam (4-membered cyclic amide) rings is 1. The normalized spacial score (nSPS) is 19.7. The Kier molecular flexibility index (Phi) is 6.03. The molecule has 1 amide bonds. The molecule has 2 aliphatic rings. The van der Waals surface area contributed by atoms with Gasteiger partial charge in [0.25, 0.3) is 0 Å². The van der Waals surface area contributed by atoms with Crippen LogP contribution in [-0.4, -0.2) is 62.0 Å². The van der Waals surface area contributed by atoms with Crippen LogP contribution in [0.2, 0.25) is 0 Å². The van der Waals surface area contributed by atoms with Crippen molar-refractivity contribution in [3.63, 3.8) is 0 Å². The van der Waals surface area contributed by atoms with Crippen molar-refractivity contribution in [2.75, 3.05) is 5.75 Å². The zero-order chi connectivity index (χ0) is 24.7. The predicted octanol–water partition coefficient (Wildman–Crippen LogP) is 2.10. The van der Waals surface area contributed by atoms with E-state index < -0.39 is 27.7 Å². The number of rotatable bonds is 7. The number of carbonyl (C=O) groups is 2. The maximum atomic E-state index is 13.4. The van der Waals surface area contributed by atoms with Gasteiger partial charge in [-0.15, -0.1) is 16.9 Å². The van der Waals surface area contributed by atoms with Gasteiger partial charge in [0.15, 0.2) is 22.3 Å². The number of carbonyl (C=O) groups excluding carboxylic acids is 1. The molecular weight excluding hydrogens is 490 g/mol. The van der Waals surface area contributed by atoms with Gasteiger partial charge in [-0.3, -0.25) is 9.59 Å². The molecular formula is C23H21N5O5S2. The Morgan fingerprint density at radius 1 is 1.14 bits per heavy atom. The highest BCUT2D eigenvalue weighted by Gasteiger charge is 2.57. The lowest BCUT2D eigenvalue weighted by atomic mass is 9.69. The van der Waals surface area contributed by atoms with E-state index in [1.807, 2.05) is 0 Å². The lowest BCUT2D eigenvalue weighted by molar-refractivity contribution is -0.144. The number of aromatic nitrogens is 4. The van der Waals surface area contributed by atoms with Crippen LogP contribution in [0.4, 0.5) is 0 Å². The molecule has 1 fully saturated rings. The third-order valence-electron chi connectivity index (χ3n) is 6.38. The van der Waals surface area contributed by atoms with Crippen LogP contribution < -0.4 is 0 Å². The molecule has 0 aliphatic carbocycles. The fourth-order valence-corrected chi connectivity index (χ4v) is 7.04. The molecule has 180 valence electrons. The third-order valence-corrected chi connectivity index (χ3v) is 8.52. The van der Waals surface area contributed by atoms with E-state index in [1.165, 1.54) is 21.3 Å². The van der Waals surface area contributed by atoms with Gasteiger partial charge in [-0.1, -0.05) is 60.7 Å². The number of hydrogen-bond acceptors (Lipinski definition) is 7. The van der Waals surface area contributed by atoms with Gasteiger partial charge in [0.2, 0.25) is 5.91 Å². The second-order valence-electron chi connectivity index (χ2n) is 8.21. The fourth-order valence-electron chi connectivity index (χ4n) is 4.81. The Labute approximate surface area is 207 Å². The highest BCUT2D eigenvalue weighted by molar-refractivity contribution is 8.00. The van der Waals surface area contributed by atoms with Crippen molar-refractivity contribution in [2.24, 2.45) is 7.05 Å². The van der Waals surface area contributed by atoms with Crippen molar-refractivity contribution in [3.05, 3.63) is 88.9 Å². The van der Waals surface area contributed by atoms with Crippen LogP contribution in [0, 0.1) is 0 Å². The lowest BCUT2D eigenvalue weighted by Gasteiger charge is -2.51. The van der Waals surface area contributed by atoms with Crippen LogP contribution in [-0.2, 0) is 33.1 Å². The van der Waals surface area contributed by atoms with Gasteiger partial charge >= 0.3 is 5.97 Å². The van der Waals surface area contributed by atoms with E-state index in [9.17, 15) is 23.5 Å². The average Bonchev–Trinajstić information content (AvgIpc) is 3.26. The Morgan fingerprint density at radius 2 is 1.74 bits per heavy atom. The molecule has 5 rings (SSSR count). The number of carboxylic acid groups (broad SMARTS) is 1. The van der Waals surface area contributed by atoms with E-state index in [1.54, 1.807) is 67.7 Å². The molecule has 3 unspecified atom stereocenters. The molecule has 0 saturated carbocycles. The Balaban J connectivity index is 1.91. The number of fused-ring (bicyclic) bond motifs is 1. The molecule has 0 spiro atoms. The van der Waals surface area contributed by atoms with Gasteiger partial charge in [-0.2, -0.15) is 0 Å². The van der Waals surface area contributed by atoms with Crippen LogP contribution in [0.15, 0.2) is 71.9 Å². The van der Waals surface area contributed by atoms with Crippen LogP contribution in [0.3, 0.4) is 0 Å². The van der Waals surface area contributed by atoms with E-state index in [4.69, 9.17) is 0 Å². The van der Waals surface area contributed by atoms with E-state index in [-0.39, 0.29) is 35.0 Å². The van der Waals surface area contributed by atoms with Gasteiger partial charge in [-0.25, -0.2) is 8.89 Å². The SMILES string of the molecule is Cn1nnnc1C(C1=C(C(C(=O)O)(c2ccccc2)c2ccccc2)N2C(=O)CC2SC1)S(=O)O.